The number of thiophene rings is 1. The minimum absolute atomic E-state index is 0.103. The molecule has 4 heterocycles. The van der Waals surface area contributed by atoms with Crippen molar-refractivity contribution in [3.8, 4) is 17.1 Å². The Morgan fingerprint density at radius 3 is 2.73 bits per heavy atom. The Hall–Kier alpha value is -3.37. The summed E-state index contributed by atoms with van der Waals surface area (Å²) in [4.78, 5) is 22.1. The van der Waals surface area contributed by atoms with E-state index in [0.29, 0.717) is 28.7 Å². The molecule has 5 aromatic rings. The number of fused-ring (bicyclic) bond motifs is 1. The Morgan fingerprint density at radius 2 is 2.00 bits per heavy atom. The Labute approximate surface area is 197 Å². The number of thioether (sulfide) groups is 1. The molecule has 0 aliphatic carbocycles. The van der Waals surface area contributed by atoms with Gasteiger partial charge in [0.15, 0.2) is 11.0 Å². The first-order valence-electron chi connectivity index (χ1n) is 10.2. The number of nitrogens with one attached hydrogen (secondary N) is 1. The van der Waals surface area contributed by atoms with Crippen molar-refractivity contribution >= 4 is 33.3 Å². The van der Waals surface area contributed by atoms with E-state index in [0.717, 1.165) is 38.2 Å². The predicted octanol–water partition coefficient (Wildman–Crippen LogP) is 4.80. The second kappa shape index (κ2) is 8.87. The smallest absolute Gasteiger partial charge is 0.259 e. The third-order valence-corrected chi connectivity index (χ3v) is 7.46. The van der Waals surface area contributed by atoms with Gasteiger partial charge in [0.1, 0.15) is 22.2 Å². The van der Waals surface area contributed by atoms with Crippen LogP contribution in [0.1, 0.15) is 22.0 Å². The zero-order chi connectivity index (χ0) is 22.9. The maximum absolute atomic E-state index is 12.6. The Morgan fingerprint density at radius 1 is 1.18 bits per heavy atom. The highest BCUT2D eigenvalue weighted by atomic mass is 32.2. The number of nitrogens with zero attached hydrogens (tertiary/aromatic N) is 4. The second-order valence-electron chi connectivity index (χ2n) is 7.46. The molecular weight excluding hydrogens is 458 g/mol. The molecule has 4 aromatic heterocycles. The molecule has 0 aliphatic rings. The van der Waals surface area contributed by atoms with Crippen molar-refractivity contribution in [1.82, 2.24) is 24.7 Å². The fourth-order valence-corrected chi connectivity index (χ4v) is 5.41. The number of aromatic amines is 1. The van der Waals surface area contributed by atoms with Gasteiger partial charge >= 0.3 is 0 Å². The van der Waals surface area contributed by atoms with Gasteiger partial charge in [-0.25, -0.2) is 4.98 Å². The van der Waals surface area contributed by atoms with Gasteiger partial charge in [-0.15, -0.1) is 21.5 Å². The van der Waals surface area contributed by atoms with Gasteiger partial charge in [0.25, 0.3) is 5.56 Å². The lowest BCUT2D eigenvalue weighted by molar-refractivity contribution is 0.415. The van der Waals surface area contributed by atoms with Crippen LogP contribution < -0.4 is 10.3 Å². The van der Waals surface area contributed by atoms with Gasteiger partial charge in [-0.3, -0.25) is 9.36 Å². The number of benzene rings is 1. The van der Waals surface area contributed by atoms with E-state index in [-0.39, 0.29) is 5.56 Å². The number of ether oxygens (including phenoxy) is 1. The van der Waals surface area contributed by atoms with E-state index in [2.05, 4.69) is 20.2 Å². The van der Waals surface area contributed by atoms with E-state index >= 15 is 0 Å². The third kappa shape index (κ3) is 4.19. The van der Waals surface area contributed by atoms with Crippen LogP contribution in [-0.4, -0.2) is 31.8 Å². The van der Waals surface area contributed by atoms with Crippen LogP contribution in [0.5, 0.6) is 5.75 Å². The SMILES string of the molecule is COc1ccc(-c2nnc(SCc3nc4sc(C)c(C)c4c(=O)[nH]3)n2Cc2ccco2)cc1. The predicted molar refractivity (Wildman–Crippen MR) is 129 cm³/mol. The molecule has 168 valence electrons. The number of aryl methyl sites for hydroxylation is 2. The lowest BCUT2D eigenvalue weighted by Crippen LogP contribution is -2.11. The van der Waals surface area contributed by atoms with Crippen LogP contribution in [0.25, 0.3) is 21.6 Å². The summed E-state index contributed by atoms with van der Waals surface area (Å²) in [6.45, 7) is 4.45. The largest absolute Gasteiger partial charge is 0.497 e. The summed E-state index contributed by atoms with van der Waals surface area (Å²) in [5.41, 5.74) is 1.80. The van der Waals surface area contributed by atoms with E-state index in [4.69, 9.17) is 9.15 Å². The van der Waals surface area contributed by atoms with E-state index in [1.54, 1.807) is 24.7 Å². The molecule has 8 nitrogen and oxygen atoms in total. The molecule has 0 atom stereocenters. The highest BCUT2D eigenvalue weighted by molar-refractivity contribution is 7.98. The molecule has 1 N–H and O–H groups in total. The maximum Gasteiger partial charge on any atom is 0.259 e. The second-order valence-corrected chi connectivity index (χ2v) is 9.61. The Balaban J connectivity index is 1.47. The van der Waals surface area contributed by atoms with Crippen LogP contribution in [0, 0.1) is 13.8 Å². The van der Waals surface area contributed by atoms with Crippen LogP contribution >= 0.6 is 23.1 Å². The summed E-state index contributed by atoms with van der Waals surface area (Å²) in [6, 6.07) is 11.5. The summed E-state index contributed by atoms with van der Waals surface area (Å²) >= 11 is 3.01. The molecule has 5 rings (SSSR count). The first-order chi connectivity index (χ1) is 16.0. The fraction of sp³-hybridized carbons (Fsp3) is 0.217. The van der Waals surface area contributed by atoms with Gasteiger partial charge in [-0.1, -0.05) is 11.8 Å². The average Bonchev–Trinajstić information content (AvgIpc) is 3.53. The van der Waals surface area contributed by atoms with Crippen molar-refractivity contribution < 1.29 is 9.15 Å². The quantitative estimate of drug-likeness (QED) is 0.335. The number of hydrogen-bond acceptors (Lipinski definition) is 8. The lowest BCUT2D eigenvalue weighted by Gasteiger charge is -2.09. The average molecular weight is 480 g/mol. The molecule has 0 fully saturated rings. The first kappa shape index (κ1) is 21.5. The summed E-state index contributed by atoms with van der Waals surface area (Å²) in [7, 11) is 1.64. The van der Waals surface area contributed by atoms with Crippen molar-refractivity contribution in [3.05, 3.63) is 75.0 Å². The van der Waals surface area contributed by atoms with Gasteiger partial charge in [0.05, 0.1) is 31.1 Å². The highest BCUT2D eigenvalue weighted by Crippen LogP contribution is 2.29. The molecule has 0 saturated heterocycles. The molecule has 0 spiro atoms. The molecule has 10 heteroatoms. The van der Waals surface area contributed by atoms with E-state index in [1.807, 2.05) is 54.8 Å². The molecule has 1 aromatic carbocycles. The molecule has 33 heavy (non-hydrogen) atoms. The van der Waals surface area contributed by atoms with Crippen LogP contribution in [0.4, 0.5) is 0 Å². The summed E-state index contributed by atoms with van der Waals surface area (Å²) in [5.74, 6) is 3.36. The topological polar surface area (TPSA) is 98.8 Å². The number of aromatic nitrogens is 5. The summed E-state index contributed by atoms with van der Waals surface area (Å²) in [5, 5.41) is 10.2. The molecule has 0 saturated carbocycles. The van der Waals surface area contributed by atoms with Crippen molar-refractivity contribution in [2.24, 2.45) is 0 Å². The lowest BCUT2D eigenvalue weighted by atomic mass is 10.2. The highest BCUT2D eigenvalue weighted by Gasteiger charge is 2.18. The fourth-order valence-electron chi connectivity index (χ4n) is 3.55. The minimum Gasteiger partial charge on any atom is -0.497 e. The molecule has 0 amide bonds. The Bertz CT molecular complexity index is 1470. The van der Waals surface area contributed by atoms with Crippen LogP contribution in [0.2, 0.25) is 0 Å². The first-order valence-corrected chi connectivity index (χ1v) is 12.1. The molecule has 0 unspecified atom stereocenters. The van der Waals surface area contributed by atoms with Gasteiger partial charge in [-0.2, -0.15) is 0 Å². The standard InChI is InChI=1S/C23H21N5O3S2/c1-13-14(2)33-22-19(13)21(29)24-18(25-22)12-32-23-27-26-20(15-6-8-16(30-3)9-7-15)28(23)11-17-5-4-10-31-17/h4-10H,11-12H2,1-3H3,(H,24,25,29). The number of methoxy groups -OCH3 is 1. The molecular formula is C23H21N5O3S2. The van der Waals surface area contributed by atoms with Crippen molar-refractivity contribution in [2.45, 2.75) is 31.3 Å². The molecule has 0 radical (unpaired) electrons. The van der Waals surface area contributed by atoms with Crippen LogP contribution in [0.3, 0.4) is 0 Å². The normalized spacial score (nSPS) is 11.4. The summed E-state index contributed by atoms with van der Waals surface area (Å²) in [6.07, 6.45) is 1.65. The van der Waals surface area contributed by atoms with Crippen LogP contribution in [-0.2, 0) is 12.3 Å². The number of hydrogen-bond donors (Lipinski definition) is 1. The van der Waals surface area contributed by atoms with Crippen molar-refractivity contribution in [1.29, 1.82) is 0 Å². The van der Waals surface area contributed by atoms with Gasteiger partial charge in [-0.05, 0) is 55.8 Å². The monoisotopic (exact) mass is 479 g/mol. The van der Waals surface area contributed by atoms with Gasteiger partial charge in [0, 0.05) is 10.4 Å². The van der Waals surface area contributed by atoms with Crippen molar-refractivity contribution in [2.75, 3.05) is 7.11 Å². The zero-order valence-corrected chi connectivity index (χ0v) is 19.9. The summed E-state index contributed by atoms with van der Waals surface area (Å²) < 4.78 is 12.8. The zero-order valence-electron chi connectivity index (χ0n) is 18.3. The van der Waals surface area contributed by atoms with Gasteiger partial charge < -0.3 is 14.1 Å². The van der Waals surface area contributed by atoms with Crippen molar-refractivity contribution in [3.63, 3.8) is 0 Å². The molecule has 0 bridgehead atoms. The maximum atomic E-state index is 12.6. The number of H-pyrrole nitrogens is 1. The third-order valence-electron chi connectivity index (χ3n) is 5.39. The van der Waals surface area contributed by atoms with Crippen LogP contribution in [0.15, 0.2) is 57.0 Å². The molecule has 0 aliphatic heterocycles. The van der Waals surface area contributed by atoms with Gasteiger partial charge in [0.2, 0.25) is 0 Å². The van der Waals surface area contributed by atoms with E-state index < -0.39 is 0 Å². The number of rotatable bonds is 7. The minimum atomic E-state index is -0.103. The number of furan rings is 1. The van der Waals surface area contributed by atoms with E-state index in [9.17, 15) is 4.79 Å². The van der Waals surface area contributed by atoms with E-state index in [1.165, 1.54) is 11.8 Å². The Kier molecular flexibility index (Phi) is 5.77.